The van der Waals surface area contributed by atoms with Crippen LogP contribution in [0.15, 0.2) is 54.7 Å². The fraction of sp³-hybridized carbons (Fsp3) is 0.250. The number of ether oxygens (including phenoxy) is 1. The molecule has 0 saturated heterocycles. The third kappa shape index (κ3) is 4.81. The summed E-state index contributed by atoms with van der Waals surface area (Å²) in [6.07, 6.45) is 1.91. The van der Waals surface area contributed by atoms with Gasteiger partial charge in [0, 0.05) is 17.6 Å². The van der Waals surface area contributed by atoms with Crippen LogP contribution in [-0.2, 0) is 13.2 Å². The van der Waals surface area contributed by atoms with Gasteiger partial charge in [-0.05, 0) is 37.1 Å². The molecule has 3 N–H and O–H groups in total. The summed E-state index contributed by atoms with van der Waals surface area (Å²) < 4.78 is 5.82. The molecule has 4 nitrogen and oxygen atoms in total. The summed E-state index contributed by atoms with van der Waals surface area (Å²) in [6.45, 7) is 5.45. The first-order valence-electron chi connectivity index (χ1n) is 8.32. The molecular weight excluding hydrogens is 330 g/mol. The predicted octanol–water partition coefficient (Wildman–Crippen LogP) is 4.46. The van der Waals surface area contributed by atoms with Crippen LogP contribution in [0.1, 0.15) is 34.0 Å². The lowest BCUT2D eigenvalue weighted by Crippen LogP contribution is -2.18. The van der Waals surface area contributed by atoms with Gasteiger partial charge in [0.1, 0.15) is 17.4 Å². The number of hydrogen-bond donors (Lipinski definition) is 2. The van der Waals surface area contributed by atoms with Crippen molar-refractivity contribution in [3.63, 3.8) is 0 Å². The van der Waals surface area contributed by atoms with E-state index in [1.807, 2.05) is 54.7 Å². The number of aromatic nitrogens is 1. The highest BCUT2D eigenvalue weighted by Crippen LogP contribution is 2.24. The van der Waals surface area contributed by atoms with Crippen molar-refractivity contribution < 1.29 is 4.74 Å². The molecule has 2 aromatic carbocycles. The molecule has 25 heavy (non-hydrogen) atoms. The molecule has 0 aliphatic rings. The van der Waals surface area contributed by atoms with Crippen molar-refractivity contribution in [2.24, 2.45) is 0 Å². The van der Waals surface area contributed by atoms with Gasteiger partial charge in [0.25, 0.3) is 0 Å². The minimum atomic E-state index is 0.217. The minimum absolute atomic E-state index is 0.217. The maximum absolute atomic E-state index is 6.14. The summed E-state index contributed by atoms with van der Waals surface area (Å²) in [4.78, 5) is 5.65. The van der Waals surface area contributed by atoms with Crippen LogP contribution in [0.3, 0.4) is 0 Å². The van der Waals surface area contributed by atoms with Crippen LogP contribution in [0.5, 0.6) is 5.75 Å². The molecule has 0 bridgehead atoms. The van der Waals surface area contributed by atoms with Gasteiger partial charge in [0.05, 0.1) is 11.7 Å². The number of anilines is 1. The molecule has 1 unspecified atom stereocenters. The number of rotatable bonds is 7. The van der Waals surface area contributed by atoms with Crippen LogP contribution >= 0.6 is 11.3 Å². The lowest BCUT2D eigenvalue weighted by atomic mass is 10.1. The standard InChI is InChI=1S/C20H23N3OS/c1-14-11-23-20(25-14)15(2)22-12-17-8-9-19(18(21)10-17)24-13-16-6-4-3-5-7-16/h3-11,15,22H,12-13,21H2,1-2H3. The fourth-order valence-corrected chi connectivity index (χ4v) is 3.31. The Morgan fingerprint density at radius 1 is 1.16 bits per heavy atom. The number of nitrogens with two attached hydrogens (primary N) is 1. The molecule has 130 valence electrons. The molecule has 3 aromatic rings. The maximum Gasteiger partial charge on any atom is 0.142 e. The lowest BCUT2D eigenvalue weighted by Gasteiger charge is -2.13. The monoisotopic (exact) mass is 353 g/mol. The second kappa shape index (κ2) is 8.14. The van der Waals surface area contributed by atoms with E-state index in [0.717, 1.165) is 28.4 Å². The Bertz CT molecular complexity index is 817. The smallest absolute Gasteiger partial charge is 0.142 e. The van der Waals surface area contributed by atoms with E-state index in [-0.39, 0.29) is 6.04 Å². The highest BCUT2D eigenvalue weighted by molar-refractivity contribution is 7.11. The van der Waals surface area contributed by atoms with Gasteiger partial charge in [0.15, 0.2) is 0 Å². The van der Waals surface area contributed by atoms with Crippen molar-refractivity contribution in [2.75, 3.05) is 5.73 Å². The second-order valence-electron chi connectivity index (χ2n) is 6.06. The van der Waals surface area contributed by atoms with Gasteiger partial charge in [-0.3, -0.25) is 0 Å². The average molecular weight is 353 g/mol. The number of nitrogens with one attached hydrogen (secondary N) is 1. The highest BCUT2D eigenvalue weighted by atomic mass is 32.1. The Morgan fingerprint density at radius 3 is 2.64 bits per heavy atom. The quantitative estimate of drug-likeness (QED) is 0.616. The van der Waals surface area contributed by atoms with Crippen LogP contribution in [0.2, 0.25) is 0 Å². The van der Waals surface area contributed by atoms with Crippen molar-refractivity contribution in [3.8, 4) is 5.75 Å². The van der Waals surface area contributed by atoms with E-state index in [2.05, 4.69) is 24.1 Å². The van der Waals surface area contributed by atoms with Crippen LogP contribution in [0, 0.1) is 6.92 Å². The molecule has 0 aliphatic heterocycles. The Morgan fingerprint density at radius 2 is 1.96 bits per heavy atom. The van der Waals surface area contributed by atoms with Crippen molar-refractivity contribution >= 4 is 17.0 Å². The van der Waals surface area contributed by atoms with E-state index in [9.17, 15) is 0 Å². The largest absolute Gasteiger partial charge is 0.487 e. The van der Waals surface area contributed by atoms with Gasteiger partial charge in [0.2, 0.25) is 0 Å². The molecule has 0 radical (unpaired) electrons. The third-order valence-electron chi connectivity index (χ3n) is 3.93. The van der Waals surface area contributed by atoms with Gasteiger partial charge in [-0.15, -0.1) is 11.3 Å². The number of benzene rings is 2. The van der Waals surface area contributed by atoms with Crippen molar-refractivity contribution in [2.45, 2.75) is 33.0 Å². The highest BCUT2D eigenvalue weighted by Gasteiger charge is 2.09. The molecule has 1 heterocycles. The van der Waals surface area contributed by atoms with E-state index in [4.69, 9.17) is 10.5 Å². The normalized spacial score (nSPS) is 12.1. The average Bonchev–Trinajstić information content (AvgIpc) is 3.06. The molecule has 0 saturated carbocycles. The Labute approximate surface area is 152 Å². The first kappa shape index (κ1) is 17.5. The summed E-state index contributed by atoms with van der Waals surface area (Å²) in [7, 11) is 0. The van der Waals surface area contributed by atoms with E-state index in [0.29, 0.717) is 12.3 Å². The predicted molar refractivity (Wildman–Crippen MR) is 104 cm³/mol. The molecule has 1 aromatic heterocycles. The Balaban J connectivity index is 1.56. The van der Waals surface area contributed by atoms with Crippen molar-refractivity contribution in [1.29, 1.82) is 0 Å². The molecular formula is C20H23N3OS. The van der Waals surface area contributed by atoms with E-state index in [1.54, 1.807) is 11.3 Å². The van der Waals surface area contributed by atoms with Crippen molar-refractivity contribution in [1.82, 2.24) is 10.3 Å². The summed E-state index contributed by atoms with van der Waals surface area (Å²) >= 11 is 1.72. The summed E-state index contributed by atoms with van der Waals surface area (Å²) in [5.41, 5.74) is 9.06. The molecule has 0 aliphatic carbocycles. The Hall–Kier alpha value is -2.37. The van der Waals surface area contributed by atoms with Crippen LogP contribution in [-0.4, -0.2) is 4.98 Å². The maximum atomic E-state index is 6.14. The van der Waals surface area contributed by atoms with E-state index in [1.165, 1.54) is 4.88 Å². The topological polar surface area (TPSA) is 60.2 Å². The minimum Gasteiger partial charge on any atom is -0.487 e. The third-order valence-corrected chi connectivity index (χ3v) is 5.03. The molecule has 1 atom stereocenters. The zero-order chi connectivity index (χ0) is 17.6. The zero-order valence-electron chi connectivity index (χ0n) is 14.5. The number of aryl methyl sites for hydroxylation is 1. The van der Waals surface area contributed by atoms with Crippen LogP contribution in [0.4, 0.5) is 5.69 Å². The zero-order valence-corrected chi connectivity index (χ0v) is 15.3. The molecule has 5 heteroatoms. The first-order valence-corrected chi connectivity index (χ1v) is 9.14. The van der Waals surface area contributed by atoms with E-state index < -0.39 is 0 Å². The number of thiazole rings is 1. The first-order chi connectivity index (χ1) is 12.1. The van der Waals surface area contributed by atoms with Gasteiger partial charge in [-0.2, -0.15) is 0 Å². The molecule has 0 amide bonds. The summed E-state index contributed by atoms with van der Waals surface area (Å²) in [5, 5.41) is 4.59. The second-order valence-corrected chi connectivity index (χ2v) is 7.32. The molecule has 0 spiro atoms. The van der Waals surface area contributed by atoms with Crippen molar-refractivity contribution in [3.05, 3.63) is 75.7 Å². The number of hydrogen-bond acceptors (Lipinski definition) is 5. The number of nitrogens with zero attached hydrogens (tertiary/aromatic N) is 1. The lowest BCUT2D eigenvalue weighted by molar-refractivity contribution is 0.308. The summed E-state index contributed by atoms with van der Waals surface area (Å²) in [5.74, 6) is 0.719. The Kier molecular flexibility index (Phi) is 5.68. The number of nitrogen functional groups attached to an aromatic ring is 1. The van der Waals surface area contributed by atoms with E-state index >= 15 is 0 Å². The fourth-order valence-electron chi connectivity index (χ4n) is 2.51. The van der Waals surface area contributed by atoms with Gasteiger partial charge >= 0.3 is 0 Å². The van der Waals surface area contributed by atoms with Gasteiger partial charge < -0.3 is 15.8 Å². The van der Waals surface area contributed by atoms with Crippen LogP contribution < -0.4 is 15.8 Å². The molecule has 3 rings (SSSR count). The van der Waals surface area contributed by atoms with Crippen LogP contribution in [0.25, 0.3) is 0 Å². The SMILES string of the molecule is Cc1cnc(C(C)NCc2ccc(OCc3ccccc3)c(N)c2)s1. The molecule has 0 fully saturated rings. The summed E-state index contributed by atoms with van der Waals surface area (Å²) in [6, 6.07) is 16.2. The van der Waals surface area contributed by atoms with Gasteiger partial charge in [-0.1, -0.05) is 36.4 Å². The van der Waals surface area contributed by atoms with Gasteiger partial charge in [-0.25, -0.2) is 4.98 Å².